The molecule has 2 heterocycles. The second kappa shape index (κ2) is 11.0. The highest BCUT2D eigenvalue weighted by atomic mass is 16.2. The van der Waals surface area contributed by atoms with Gasteiger partial charge in [-0.1, -0.05) is 42.5 Å². The van der Waals surface area contributed by atoms with E-state index in [1.807, 2.05) is 42.5 Å². The summed E-state index contributed by atoms with van der Waals surface area (Å²) < 4.78 is 1.30. The second-order valence-electron chi connectivity index (χ2n) is 7.69. The predicted octanol–water partition coefficient (Wildman–Crippen LogP) is 5.15. The van der Waals surface area contributed by atoms with E-state index in [0.29, 0.717) is 18.3 Å². The molecule has 0 radical (unpaired) electrons. The van der Waals surface area contributed by atoms with Gasteiger partial charge in [0.2, 0.25) is 5.95 Å². The lowest BCUT2D eigenvalue weighted by Gasteiger charge is -2.21. The van der Waals surface area contributed by atoms with Crippen molar-refractivity contribution in [3.63, 3.8) is 0 Å². The zero-order valence-electron chi connectivity index (χ0n) is 19.4. The van der Waals surface area contributed by atoms with Crippen LogP contribution in [0.5, 0.6) is 0 Å². The molecule has 0 atom stereocenters. The first-order chi connectivity index (χ1) is 16.7. The fourth-order valence-corrected chi connectivity index (χ4v) is 3.59. The van der Waals surface area contributed by atoms with Crippen LogP contribution in [0.2, 0.25) is 0 Å². The van der Waals surface area contributed by atoms with Crippen molar-refractivity contribution in [1.29, 1.82) is 0 Å². The molecule has 0 amide bonds. The topological polar surface area (TPSA) is 75.9 Å². The highest BCUT2D eigenvalue weighted by molar-refractivity contribution is 5.94. The van der Waals surface area contributed by atoms with Crippen LogP contribution in [-0.4, -0.2) is 38.7 Å². The van der Waals surface area contributed by atoms with E-state index in [4.69, 9.17) is 0 Å². The molecule has 2 aromatic heterocycles. The Balaban J connectivity index is 1.56. The smallest absolute Gasteiger partial charge is 0.274 e. The molecular weight excluding hydrogens is 424 g/mol. The summed E-state index contributed by atoms with van der Waals surface area (Å²) in [6, 6.07) is 21.8. The third kappa shape index (κ3) is 5.56. The molecule has 0 spiro atoms. The second-order valence-corrected chi connectivity index (χ2v) is 7.69. The van der Waals surface area contributed by atoms with Crippen molar-refractivity contribution in [3.05, 3.63) is 96.3 Å². The maximum absolute atomic E-state index is 13.0. The van der Waals surface area contributed by atoms with E-state index in [1.54, 1.807) is 18.5 Å². The number of carbonyl (C=O) groups is 1. The van der Waals surface area contributed by atoms with Crippen LogP contribution >= 0.6 is 0 Å². The number of pyridine rings is 1. The molecule has 0 bridgehead atoms. The van der Waals surface area contributed by atoms with E-state index >= 15 is 0 Å². The lowest BCUT2D eigenvalue weighted by Crippen LogP contribution is -2.21. The highest BCUT2D eigenvalue weighted by Gasteiger charge is 2.16. The molecule has 0 unspecified atom stereocenters. The van der Waals surface area contributed by atoms with Crippen LogP contribution in [0.1, 0.15) is 29.8 Å². The van der Waals surface area contributed by atoms with Gasteiger partial charge in [-0.3, -0.25) is 9.78 Å². The number of hydrogen-bond donors (Lipinski definition) is 1. The number of hydrogen-bond acceptors (Lipinski definition) is 6. The summed E-state index contributed by atoms with van der Waals surface area (Å²) in [6.07, 6.45) is 6.64. The number of carbonyl (C=O) groups excluding carboxylic acids is 1. The van der Waals surface area contributed by atoms with Gasteiger partial charge < -0.3 is 10.2 Å². The van der Waals surface area contributed by atoms with E-state index in [0.717, 1.165) is 29.8 Å². The van der Waals surface area contributed by atoms with Crippen LogP contribution < -0.4 is 10.2 Å². The summed E-state index contributed by atoms with van der Waals surface area (Å²) in [7, 11) is 0. The lowest BCUT2D eigenvalue weighted by molar-refractivity contribution is 0.0957. The lowest BCUT2D eigenvalue weighted by atomic mass is 10.2. The fourth-order valence-electron chi connectivity index (χ4n) is 3.59. The van der Waals surface area contributed by atoms with Gasteiger partial charge in [-0.25, -0.2) is 0 Å². The average molecular weight is 453 g/mol. The van der Waals surface area contributed by atoms with Gasteiger partial charge in [-0.2, -0.15) is 9.67 Å². The fraction of sp³-hybridized carbons (Fsp3) is 0.185. The quantitative estimate of drug-likeness (QED) is 0.354. The molecule has 7 nitrogen and oxygen atoms in total. The van der Waals surface area contributed by atoms with Gasteiger partial charge in [0, 0.05) is 49.4 Å². The summed E-state index contributed by atoms with van der Waals surface area (Å²) in [6.45, 7) is 6.74. The maximum atomic E-state index is 13.0. The van der Waals surface area contributed by atoms with E-state index in [9.17, 15) is 4.79 Å². The van der Waals surface area contributed by atoms with Gasteiger partial charge in [-0.05, 0) is 55.3 Å². The van der Waals surface area contributed by atoms with Crippen molar-refractivity contribution in [3.8, 4) is 11.4 Å². The Morgan fingerprint density at radius 3 is 2.44 bits per heavy atom. The van der Waals surface area contributed by atoms with Crippen molar-refractivity contribution in [2.75, 3.05) is 23.3 Å². The van der Waals surface area contributed by atoms with Crippen LogP contribution in [0.25, 0.3) is 17.5 Å². The first-order valence-corrected chi connectivity index (χ1v) is 11.4. The summed E-state index contributed by atoms with van der Waals surface area (Å²) in [5.74, 6) is 0.536. The van der Waals surface area contributed by atoms with E-state index in [1.165, 1.54) is 16.4 Å². The van der Waals surface area contributed by atoms with E-state index in [2.05, 4.69) is 63.4 Å². The van der Waals surface area contributed by atoms with Crippen molar-refractivity contribution < 1.29 is 4.79 Å². The third-order valence-corrected chi connectivity index (χ3v) is 5.47. The highest BCUT2D eigenvalue weighted by Crippen LogP contribution is 2.19. The Bertz CT molecular complexity index is 1230. The molecule has 0 aliphatic carbocycles. The Kier molecular flexibility index (Phi) is 7.45. The summed E-state index contributed by atoms with van der Waals surface area (Å²) >= 11 is 0. The summed E-state index contributed by atoms with van der Waals surface area (Å²) in [5.41, 5.74) is 3.96. The minimum absolute atomic E-state index is 0.286. The number of benzene rings is 2. The molecule has 1 N–H and O–H groups in total. The van der Waals surface area contributed by atoms with Gasteiger partial charge in [-0.15, -0.1) is 5.10 Å². The van der Waals surface area contributed by atoms with E-state index < -0.39 is 0 Å². The maximum Gasteiger partial charge on any atom is 0.274 e. The zero-order valence-corrected chi connectivity index (χ0v) is 19.4. The molecule has 34 heavy (non-hydrogen) atoms. The number of nitrogens with one attached hydrogen (secondary N) is 1. The van der Waals surface area contributed by atoms with Gasteiger partial charge in [0.25, 0.3) is 5.91 Å². The number of allylic oxidation sites excluding steroid dienone is 1. The standard InChI is InChI=1S/C27H28N6O/c1-3-32(4-2)24-15-12-22(13-16-24)19-29-27-30-26(23-11-8-18-28-20-23)31-33(27)25(34)17-14-21-9-6-5-7-10-21/h5-18,20H,3-4,19H2,1-2H3,(H,29,30,31). The van der Waals surface area contributed by atoms with Crippen LogP contribution in [0.3, 0.4) is 0 Å². The molecule has 7 heteroatoms. The normalized spacial score (nSPS) is 11.0. The van der Waals surface area contributed by atoms with Gasteiger partial charge in [0.1, 0.15) is 0 Å². The predicted molar refractivity (Wildman–Crippen MR) is 137 cm³/mol. The number of rotatable bonds is 9. The zero-order chi connectivity index (χ0) is 23.8. The molecule has 4 aromatic rings. The molecule has 0 fully saturated rings. The van der Waals surface area contributed by atoms with Crippen molar-refractivity contribution in [2.24, 2.45) is 0 Å². The number of nitrogens with zero attached hydrogens (tertiary/aromatic N) is 5. The Labute approximate surface area is 199 Å². The third-order valence-electron chi connectivity index (χ3n) is 5.47. The van der Waals surface area contributed by atoms with Crippen LogP contribution in [0.15, 0.2) is 85.2 Å². The van der Waals surface area contributed by atoms with Gasteiger partial charge in [0.15, 0.2) is 5.82 Å². The Morgan fingerprint density at radius 2 is 1.76 bits per heavy atom. The monoisotopic (exact) mass is 452 g/mol. The van der Waals surface area contributed by atoms with Crippen LogP contribution in [-0.2, 0) is 6.54 Å². The van der Waals surface area contributed by atoms with Crippen LogP contribution in [0, 0.1) is 0 Å². The molecule has 0 aliphatic rings. The summed E-state index contributed by atoms with van der Waals surface area (Å²) in [4.78, 5) is 24.0. The number of aromatic nitrogens is 4. The Morgan fingerprint density at radius 1 is 1.00 bits per heavy atom. The molecular formula is C27H28N6O. The average Bonchev–Trinajstić information content (AvgIpc) is 3.33. The first kappa shape index (κ1) is 22.9. The number of anilines is 2. The van der Waals surface area contributed by atoms with E-state index in [-0.39, 0.29) is 5.91 Å². The van der Waals surface area contributed by atoms with Crippen molar-refractivity contribution >= 4 is 23.6 Å². The minimum atomic E-state index is -0.286. The molecule has 0 saturated carbocycles. The molecule has 172 valence electrons. The van der Waals surface area contributed by atoms with Crippen LogP contribution in [0.4, 0.5) is 11.6 Å². The minimum Gasteiger partial charge on any atom is -0.372 e. The molecule has 0 aliphatic heterocycles. The largest absolute Gasteiger partial charge is 0.372 e. The SMILES string of the molecule is CCN(CC)c1ccc(CNc2nc(-c3cccnc3)nn2C(=O)C=Cc2ccccc2)cc1. The van der Waals surface area contributed by atoms with Crippen molar-refractivity contribution in [1.82, 2.24) is 19.7 Å². The van der Waals surface area contributed by atoms with Gasteiger partial charge in [0.05, 0.1) is 0 Å². The first-order valence-electron chi connectivity index (χ1n) is 11.4. The molecule has 2 aromatic carbocycles. The summed E-state index contributed by atoms with van der Waals surface area (Å²) in [5, 5.41) is 7.74. The van der Waals surface area contributed by atoms with Gasteiger partial charge >= 0.3 is 0 Å². The Hall–Kier alpha value is -4.26. The molecule has 4 rings (SSSR count). The molecule has 0 saturated heterocycles. The van der Waals surface area contributed by atoms with Crippen molar-refractivity contribution in [2.45, 2.75) is 20.4 Å².